The van der Waals surface area contributed by atoms with Gasteiger partial charge in [0.2, 0.25) is 0 Å². The topological polar surface area (TPSA) is 84.7 Å². The van der Waals surface area contributed by atoms with Gasteiger partial charge >= 0.3 is 0 Å². The maximum atomic E-state index is 12.9. The number of carbonyl (C=O) groups excluding carboxylic acids is 2. The molecule has 1 N–H and O–H groups in total. The summed E-state index contributed by atoms with van der Waals surface area (Å²) in [6, 6.07) is 12.3. The van der Waals surface area contributed by atoms with Gasteiger partial charge in [-0.05, 0) is 63.2 Å². The Bertz CT molecular complexity index is 1100. The summed E-state index contributed by atoms with van der Waals surface area (Å²) in [6.45, 7) is 5.69. The molecule has 8 heteroatoms. The van der Waals surface area contributed by atoms with Gasteiger partial charge in [-0.25, -0.2) is 0 Å². The standard InChI is InChI=1S/C22H20BrN3O4/c1-12-18(13(2)30-25-12)11-26-19-10-17(8-9-20(19)29-14(3)22(26)28)24-21(27)15-4-6-16(23)7-5-15/h4-10,14H,11H2,1-3H3,(H,24,27). The summed E-state index contributed by atoms with van der Waals surface area (Å²) >= 11 is 3.36. The van der Waals surface area contributed by atoms with Crippen LogP contribution in [0.2, 0.25) is 0 Å². The molecule has 2 amide bonds. The van der Waals surface area contributed by atoms with Crippen LogP contribution in [0.3, 0.4) is 0 Å². The summed E-state index contributed by atoms with van der Waals surface area (Å²) < 4.78 is 11.9. The first-order chi connectivity index (χ1) is 14.3. The lowest BCUT2D eigenvalue weighted by Gasteiger charge is -2.33. The van der Waals surface area contributed by atoms with Gasteiger partial charge in [0.15, 0.2) is 6.10 Å². The molecule has 7 nitrogen and oxygen atoms in total. The van der Waals surface area contributed by atoms with E-state index in [0.29, 0.717) is 35.0 Å². The molecule has 0 aliphatic carbocycles. The molecule has 154 valence electrons. The number of benzene rings is 2. The molecule has 1 atom stereocenters. The van der Waals surface area contributed by atoms with Gasteiger partial charge < -0.3 is 19.5 Å². The largest absolute Gasteiger partial charge is 0.479 e. The van der Waals surface area contributed by atoms with Gasteiger partial charge in [-0.1, -0.05) is 21.1 Å². The zero-order chi connectivity index (χ0) is 21.4. The highest BCUT2D eigenvalue weighted by atomic mass is 79.9. The fraction of sp³-hybridized carbons (Fsp3) is 0.227. The number of anilines is 2. The van der Waals surface area contributed by atoms with E-state index >= 15 is 0 Å². The van der Waals surface area contributed by atoms with Crippen LogP contribution in [0.25, 0.3) is 0 Å². The van der Waals surface area contributed by atoms with Crippen molar-refractivity contribution < 1.29 is 18.8 Å². The summed E-state index contributed by atoms with van der Waals surface area (Å²) in [5, 5.41) is 6.85. The number of carbonyl (C=O) groups is 2. The minimum atomic E-state index is -0.610. The van der Waals surface area contributed by atoms with Crippen LogP contribution in [-0.2, 0) is 11.3 Å². The molecule has 1 aliphatic heterocycles. The minimum Gasteiger partial charge on any atom is -0.479 e. The maximum Gasteiger partial charge on any atom is 0.268 e. The average molecular weight is 470 g/mol. The summed E-state index contributed by atoms with van der Waals surface area (Å²) in [5.41, 5.74) is 3.28. The second-order valence-corrected chi connectivity index (χ2v) is 8.05. The highest BCUT2D eigenvalue weighted by Gasteiger charge is 2.33. The zero-order valence-corrected chi connectivity index (χ0v) is 18.3. The Hall–Kier alpha value is -3.13. The van der Waals surface area contributed by atoms with E-state index in [0.717, 1.165) is 15.7 Å². The Balaban J connectivity index is 1.65. The van der Waals surface area contributed by atoms with Crippen LogP contribution in [-0.4, -0.2) is 23.1 Å². The fourth-order valence-electron chi connectivity index (χ4n) is 3.34. The molecule has 0 fully saturated rings. The van der Waals surface area contributed by atoms with Crippen LogP contribution in [0.15, 0.2) is 51.5 Å². The lowest BCUT2D eigenvalue weighted by atomic mass is 10.1. The molecule has 3 aromatic rings. The molecule has 2 aromatic carbocycles. The molecular weight excluding hydrogens is 450 g/mol. The number of aryl methyl sites for hydroxylation is 2. The van der Waals surface area contributed by atoms with Crippen molar-refractivity contribution in [1.82, 2.24) is 5.16 Å². The first-order valence-electron chi connectivity index (χ1n) is 9.44. The molecule has 1 aliphatic rings. The van der Waals surface area contributed by atoms with Crippen molar-refractivity contribution in [2.45, 2.75) is 33.4 Å². The van der Waals surface area contributed by atoms with Crippen molar-refractivity contribution in [3.05, 3.63) is 69.5 Å². The highest BCUT2D eigenvalue weighted by molar-refractivity contribution is 9.10. The molecular formula is C22H20BrN3O4. The molecule has 2 heterocycles. The number of nitrogens with zero attached hydrogens (tertiary/aromatic N) is 2. The molecule has 0 saturated heterocycles. The van der Waals surface area contributed by atoms with Crippen LogP contribution in [0.1, 0.15) is 34.3 Å². The highest BCUT2D eigenvalue weighted by Crippen LogP contribution is 2.38. The summed E-state index contributed by atoms with van der Waals surface area (Å²) in [5.74, 6) is 0.839. The quantitative estimate of drug-likeness (QED) is 0.602. The molecule has 0 bridgehead atoms. The number of halogens is 1. The Morgan fingerprint density at radius 2 is 1.93 bits per heavy atom. The van der Waals surface area contributed by atoms with Crippen molar-refractivity contribution in [1.29, 1.82) is 0 Å². The van der Waals surface area contributed by atoms with Crippen LogP contribution >= 0.6 is 15.9 Å². The van der Waals surface area contributed by atoms with E-state index in [1.165, 1.54) is 0 Å². The van der Waals surface area contributed by atoms with Gasteiger partial charge in [0.05, 0.1) is 17.9 Å². The molecule has 4 rings (SSSR count). The van der Waals surface area contributed by atoms with Gasteiger partial charge in [0.25, 0.3) is 11.8 Å². The van der Waals surface area contributed by atoms with Gasteiger partial charge in [-0.15, -0.1) is 0 Å². The Morgan fingerprint density at radius 1 is 1.20 bits per heavy atom. The van der Waals surface area contributed by atoms with Crippen LogP contribution in [0.4, 0.5) is 11.4 Å². The maximum absolute atomic E-state index is 12.9. The van der Waals surface area contributed by atoms with E-state index in [2.05, 4.69) is 26.4 Å². The van der Waals surface area contributed by atoms with Gasteiger partial charge in [-0.3, -0.25) is 9.59 Å². The number of aromatic nitrogens is 1. The monoisotopic (exact) mass is 469 g/mol. The van der Waals surface area contributed by atoms with Crippen molar-refractivity contribution in [3.8, 4) is 5.75 Å². The number of hydrogen-bond acceptors (Lipinski definition) is 5. The summed E-state index contributed by atoms with van der Waals surface area (Å²) in [6.07, 6.45) is -0.610. The van der Waals surface area contributed by atoms with Gasteiger partial charge in [0, 0.05) is 21.3 Å². The third kappa shape index (κ3) is 3.82. The molecule has 1 aromatic heterocycles. The first kappa shape index (κ1) is 20.2. The van der Waals surface area contributed by atoms with Gasteiger partial charge in [-0.2, -0.15) is 0 Å². The second kappa shape index (κ2) is 7.95. The first-order valence-corrected chi connectivity index (χ1v) is 10.2. The lowest BCUT2D eigenvalue weighted by molar-refractivity contribution is -0.125. The number of ether oxygens (including phenoxy) is 1. The third-order valence-corrected chi connectivity index (χ3v) is 5.56. The Labute approximate surface area is 182 Å². The van der Waals surface area contributed by atoms with E-state index in [1.807, 2.05) is 13.8 Å². The normalized spacial score (nSPS) is 15.5. The van der Waals surface area contributed by atoms with E-state index in [1.54, 1.807) is 54.3 Å². The predicted molar refractivity (Wildman–Crippen MR) is 116 cm³/mol. The number of rotatable bonds is 4. The Morgan fingerprint density at radius 3 is 2.60 bits per heavy atom. The molecule has 0 saturated carbocycles. The second-order valence-electron chi connectivity index (χ2n) is 7.13. The number of fused-ring (bicyclic) bond motifs is 1. The average Bonchev–Trinajstić information content (AvgIpc) is 3.04. The minimum absolute atomic E-state index is 0.168. The molecule has 0 radical (unpaired) electrons. The SMILES string of the molecule is Cc1noc(C)c1CN1C(=O)C(C)Oc2ccc(NC(=O)c3ccc(Br)cc3)cc21. The third-order valence-electron chi connectivity index (χ3n) is 5.03. The summed E-state index contributed by atoms with van der Waals surface area (Å²) in [7, 11) is 0. The Kier molecular flexibility index (Phi) is 5.34. The lowest BCUT2D eigenvalue weighted by Crippen LogP contribution is -2.44. The molecule has 30 heavy (non-hydrogen) atoms. The van der Waals surface area contributed by atoms with Crippen LogP contribution < -0.4 is 15.0 Å². The number of amides is 2. The van der Waals surface area contributed by atoms with E-state index in [4.69, 9.17) is 9.26 Å². The molecule has 1 unspecified atom stereocenters. The fourth-order valence-corrected chi connectivity index (χ4v) is 3.60. The smallest absolute Gasteiger partial charge is 0.268 e. The number of hydrogen-bond donors (Lipinski definition) is 1. The molecule has 0 spiro atoms. The van der Waals surface area contributed by atoms with Crippen molar-refractivity contribution in [2.75, 3.05) is 10.2 Å². The predicted octanol–water partition coefficient (Wildman–Crippen LogP) is 4.62. The van der Waals surface area contributed by atoms with E-state index in [9.17, 15) is 9.59 Å². The zero-order valence-electron chi connectivity index (χ0n) is 16.7. The van der Waals surface area contributed by atoms with Crippen LogP contribution in [0, 0.1) is 13.8 Å². The van der Waals surface area contributed by atoms with E-state index < -0.39 is 6.10 Å². The van der Waals surface area contributed by atoms with Crippen molar-refractivity contribution in [2.24, 2.45) is 0 Å². The number of nitrogens with one attached hydrogen (secondary N) is 1. The van der Waals surface area contributed by atoms with E-state index in [-0.39, 0.29) is 11.8 Å². The van der Waals surface area contributed by atoms with Crippen molar-refractivity contribution in [3.63, 3.8) is 0 Å². The van der Waals surface area contributed by atoms with Crippen LogP contribution in [0.5, 0.6) is 5.75 Å². The summed E-state index contributed by atoms with van der Waals surface area (Å²) in [4.78, 5) is 27.1. The van der Waals surface area contributed by atoms with Gasteiger partial charge in [0.1, 0.15) is 11.5 Å². The van der Waals surface area contributed by atoms with Crippen molar-refractivity contribution >= 4 is 39.1 Å².